The molecule has 6 nitrogen and oxygen atoms in total. The molecule has 1 heterocycles. The Morgan fingerprint density at radius 2 is 1.85 bits per heavy atom. The number of amides is 1. The number of hydrogen-bond acceptors (Lipinski definition) is 5. The van der Waals surface area contributed by atoms with Crippen molar-refractivity contribution in [1.29, 1.82) is 0 Å². The lowest BCUT2D eigenvalue weighted by Crippen LogP contribution is -2.54. The van der Waals surface area contributed by atoms with Crippen LogP contribution in [0.4, 0.5) is 0 Å². The second kappa shape index (κ2) is 9.38. The summed E-state index contributed by atoms with van der Waals surface area (Å²) in [5, 5.41) is 0. The average molecular weight is 370 g/mol. The van der Waals surface area contributed by atoms with Crippen molar-refractivity contribution in [3.8, 4) is 0 Å². The van der Waals surface area contributed by atoms with E-state index in [2.05, 4.69) is 6.92 Å². The summed E-state index contributed by atoms with van der Waals surface area (Å²) in [7, 11) is 2.73. The number of piperidine rings is 1. The summed E-state index contributed by atoms with van der Waals surface area (Å²) in [4.78, 5) is 39.3. The summed E-state index contributed by atoms with van der Waals surface area (Å²) in [5.74, 6) is -0.979. The minimum atomic E-state index is -0.801. The van der Waals surface area contributed by atoms with Crippen LogP contribution in [-0.4, -0.2) is 50.1 Å². The van der Waals surface area contributed by atoms with Gasteiger partial charge in [-0.1, -0.05) is 33.1 Å². The van der Waals surface area contributed by atoms with Crippen LogP contribution in [0.25, 0.3) is 0 Å². The molecule has 6 heteroatoms. The van der Waals surface area contributed by atoms with Crippen LogP contribution in [-0.2, 0) is 23.9 Å². The third kappa shape index (κ3) is 5.45. The first kappa shape index (κ1) is 22.5. The fourth-order valence-electron chi connectivity index (χ4n) is 4.14. The Morgan fingerprint density at radius 1 is 1.19 bits per heavy atom. The highest BCUT2D eigenvalue weighted by molar-refractivity contribution is 5.87. The number of methoxy groups -OCH3 is 2. The van der Waals surface area contributed by atoms with Crippen molar-refractivity contribution in [2.24, 2.45) is 16.7 Å². The number of likely N-dealkylation sites (tertiary alicyclic amines) is 1. The lowest BCUT2D eigenvalue weighted by atomic mass is 9.67. The van der Waals surface area contributed by atoms with Crippen LogP contribution in [0.2, 0.25) is 0 Å². The molecule has 2 unspecified atom stereocenters. The molecule has 0 aromatic carbocycles. The molecule has 0 bridgehead atoms. The molecule has 150 valence electrons. The van der Waals surface area contributed by atoms with E-state index in [-0.39, 0.29) is 23.8 Å². The highest BCUT2D eigenvalue weighted by Crippen LogP contribution is 2.44. The second-order valence-electron chi connectivity index (χ2n) is 8.35. The highest BCUT2D eigenvalue weighted by Gasteiger charge is 2.50. The van der Waals surface area contributed by atoms with Crippen molar-refractivity contribution >= 4 is 17.8 Å². The number of unbranched alkanes of at least 4 members (excludes halogenated alkanes) is 3. The van der Waals surface area contributed by atoms with Crippen molar-refractivity contribution in [3.63, 3.8) is 0 Å². The molecule has 1 saturated heterocycles. The van der Waals surface area contributed by atoms with Gasteiger partial charge in [-0.15, -0.1) is 0 Å². The van der Waals surface area contributed by atoms with Crippen LogP contribution in [0.3, 0.4) is 0 Å². The van der Waals surface area contributed by atoms with Crippen LogP contribution in [0.1, 0.15) is 66.2 Å². The topological polar surface area (TPSA) is 72.9 Å². The molecular formula is C20H35NO5. The SMILES string of the molecule is CCCCCCN1CC(C(=O)OC)CC(C)(CC(C)(C)C(=O)OC)C1=O. The second-order valence-corrected chi connectivity index (χ2v) is 8.35. The van der Waals surface area contributed by atoms with Crippen LogP contribution in [0, 0.1) is 16.7 Å². The molecule has 26 heavy (non-hydrogen) atoms. The monoisotopic (exact) mass is 369 g/mol. The first-order chi connectivity index (χ1) is 12.1. The van der Waals surface area contributed by atoms with Crippen molar-refractivity contribution < 1.29 is 23.9 Å². The van der Waals surface area contributed by atoms with E-state index in [4.69, 9.17) is 9.47 Å². The first-order valence-electron chi connectivity index (χ1n) is 9.57. The van der Waals surface area contributed by atoms with Crippen LogP contribution in [0.5, 0.6) is 0 Å². The van der Waals surface area contributed by atoms with Gasteiger partial charge in [-0.25, -0.2) is 0 Å². The molecule has 0 aromatic rings. The Labute approximate surface area is 157 Å². The van der Waals surface area contributed by atoms with E-state index < -0.39 is 10.8 Å². The van der Waals surface area contributed by atoms with Gasteiger partial charge in [0.1, 0.15) is 0 Å². The summed E-state index contributed by atoms with van der Waals surface area (Å²) in [6, 6.07) is 0. The standard InChI is InChI=1S/C20H35NO5/c1-7-8-9-10-11-21-13-15(16(22)25-5)12-20(4,17(21)23)14-19(2,3)18(24)26-6/h15H,7-14H2,1-6H3. The van der Waals surface area contributed by atoms with Crippen LogP contribution in [0.15, 0.2) is 0 Å². The van der Waals surface area contributed by atoms with E-state index in [0.717, 1.165) is 25.7 Å². The third-order valence-electron chi connectivity index (χ3n) is 5.33. The van der Waals surface area contributed by atoms with E-state index in [1.807, 2.05) is 6.92 Å². The zero-order valence-electron chi connectivity index (χ0n) is 17.2. The minimum absolute atomic E-state index is 0.0196. The van der Waals surface area contributed by atoms with E-state index in [1.54, 1.807) is 18.7 Å². The molecule has 0 spiro atoms. The Balaban J connectivity index is 3.00. The zero-order chi connectivity index (χ0) is 20.0. The van der Waals surface area contributed by atoms with Gasteiger partial charge in [-0.05, 0) is 33.1 Å². The summed E-state index contributed by atoms with van der Waals surface area (Å²) >= 11 is 0. The Hall–Kier alpha value is -1.59. The summed E-state index contributed by atoms with van der Waals surface area (Å²) in [6.45, 7) is 8.60. The van der Waals surface area contributed by atoms with E-state index in [1.165, 1.54) is 14.2 Å². The zero-order valence-corrected chi connectivity index (χ0v) is 17.2. The van der Waals surface area contributed by atoms with Gasteiger partial charge in [0.25, 0.3) is 0 Å². The molecule has 0 aliphatic carbocycles. The predicted molar refractivity (Wildman–Crippen MR) is 99.4 cm³/mol. The minimum Gasteiger partial charge on any atom is -0.469 e. The number of carbonyl (C=O) groups excluding carboxylic acids is 3. The lowest BCUT2D eigenvalue weighted by Gasteiger charge is -2.45. The maximum atomic E-state index is 13.2. The van der Waals surface area contributed by atoms with E-state index in [0.29, 0.717) is 25.9 Å². The molecule has 0 N–H and O–H groups in total. The summed E-state index contributed by atoms with van der Waals surface area (Å²) in [6.07, 6.45) is 4.98. The Bertz CT molecular complexity index is 516. The molecule has 2 atom stereocenters. The molecule has 1 aliphatic rings. The molecule has 0 saturated carbocycles. The van der Waals surface area contributed by atoms with Gasteiger partial charge in [0.05, 0.1) is 25.6 Å². The van der Waals surface area contributed by atoms with Gasteiger partial charge in [-0.2, -0.15) is 0 Å². The highest BCUT2D eigenvalue weighted by atomic mass is 16.5. The van der Waals surface area contributed by atoms with Gasteiger partial charge in [-0.3, -0.25) is 14.4 Å². The van der Waals surface area contributed by atoms with Crippen molar-refractivity contribution in [2.75, 3.05) is 27.3 Å². The van der Waals surface area contributed by atoms with Gasteiger partial charge in [0.2, 0.25) is 5.91 Å². The van der Waals surface area contributed by atoms with Gasteiger partial charge in [0.15, 0.2) is 0 Å². The molecule has 1 rings (SSSR count). The first-order valence-corrected chi connectivity index (χ1v) is 9.57. The quantitative estimate of drug-likeness (QED) is 0.461. The number of ether oxygens (including phenoxy) is 2. The third-order valence-corrected chi connectivity index (χ3v) is 5.33. The van der Waals surface area contributed by atoms with Crippen LogP contribution < -0.4 is 0 Å². The Kier molecular flexibility index (Phi) is 8.10. The number of nitrogens with zero attached hydrogens (tertiary/aromatic N) is 1. The van der Waals surface area contributed by atoms with Crippen molar-refractivity contribution in [1.82, 2.24) is 4.90 Å². The smallest absolute Gasteiger partial charge is 0.311 e. The molecule has 1 fully saturated rings. The van der Waals surface area contributed by atoms with E-state index >= 15 is 0 Å². The van der Waals surface area contributed by atoms with Crippen LogP contribution >= 0.6 is 0 Å². The Morgan fingerprint density at radius 3 is 2.38 bits per heavy atom. The predicted octanol–water partition coefficient (Wildman–Crippen LogP) is 3.18. The maximum Gasteiger partial charge on any atom is 0.311 e. The number of carbonyl (C=O) groups is 3. The fraction of sp³-hybridized carbons (Fsp3) is 0.850. The molecule has 0 aromatic heterocycles. The number of esters is 2. The number of hydrogen-bond donors (Lipinski definition) is 0. The summed E-state index contributed by atoms with van der Waals surface area (Å²) in [5.41, 5.74) is -1.59. The maximum absolute atomic E-state index is 13.2. The van der Waals surface area contributed by atoms with Gasteiger partial charge < -0.3 is 14.4 Å². The van der Waals surface area contributed by atoms with Crippen molar-refractivity contribution in [2.45, 2.75) is 66.2 Å². The van der Waals surface area contributed by atoms with Gasteiger partial charge >= 0.3 is 11.9 Å². The van der Waals surface area contributed by atoms with Crippen molar-refractivity contribution in [3.05, 3.63) is 0 Å². The molecular weight excluding hydrogens is 334 g/mol. The average Bonchev–Trinajstić information content (AvgIpc) is 2.59. The largest absolute Gasteiger partial charge is 0.469 e. The molecule has 1 amide bonds. The number of rotatable bonds is 9. The summed E-state index contributed by atoms with van der Waals surface area (Å²) < 4.78 is 9.84. The normalized spacial score (nSPS) is 23.7. The fourth-order valence-corrected chi connectivity index (χ4v) is 4.14. The molecule has 1 aliphatic heterocycles. The van der Waals surface area contributed by atoms with Gasteiger partial charge in [0, 0.05) is 18.5 Å². The molecule has 0 radical (unpaired) electrons. The lowest BCUT2D eigenvalue weighted by molar-refractivity contribution is -0.163. The van der Waals surface area contributed by atoms with E-state index in [9.17, 15) is 14.4 Å².